The molecule has 1 aromatic carbocycles. The molecular weight excluding hydrogens is 237 g/mol. The van der Waals surface area contributed by atoms with Crippen LogP contribution in [0, 0.1) is 0 Å². The SMILES string of the molecule is CCOc1ccc(B(O)O)cc1C=NNC(N)=O. The number of carbonyl (C=O) groups excluding carboxylic acids is 1. The molecule has 0 unspecified atom stereocenters. The molecule has 0 aliphatic heterocycles. The second-order valence-corrected chi connectivity index (χ2v) is 3.34. The van der Waals surface area contributed by atoms with Crippen molar-refractivity contribution in [3.05, 3.63) is 23.8 Å². The average Bonchev–Trinajstić information content (AvgIpc) is 2.30. The number of urea groups is 1. The Balaban J connectivity index is 2.99. The van der Waals surface area contributed by atoms with Crippen LogP contribution in [0.2, 0.25) is 0 Å². The summed E-state index contributed by atoms with van der Waals surface area (Å²) in [6.45, 7) is 2.27. The third-order valence-electron chi connectivity index (χ3n) is 2.01. The van der Waals surface area contributed by atoms with E-state index in [0.717, 1.165) is 0 Å². The van der Waals surface area contributed by atoms with E-state index < -0.39 is 13.1 Å². The van der Waals surface area contributed by atoms with Crippen molar-refractivity contribution >= 4 is 24.8 Å². The highest BCUT2D eigenvalue weighted by Gasteiger charge is 2.13. The van der Waals surface area contributed by atoms with Crippen LogP contribution in [0.3, 0.4) is 0 Å². The monoisotopic (exact) mass is 251 g/mol. The fraction of sp³-hybridized carbons (Fsp3) is 0.200. The van der Waals surface area contributed by atoms with Crippen LogP contribution in [0.15, 0.2) is 23.3 Å². The lowest BCUT2D eigenvalue weighted by atomic mass is 9.79. The Morgan fingerprint density at radius 1 is 1.61 bits per heavy atom. The zero-order valence-electron chi connectivity index (χ0n) is 9.83. The first-order valence-electron chi connectivity index (χ1n) is 5.26. The molecule has 96 valence electrons. The van der Waals surface area contributed by atoms with Crippen molar-refractivity contribution in [2.24, 2.45) is 10.8 Å². The minimum Gasteiger partial charge on any atom is -0.493 e. The zero-order valence-corrected chi connectivity index (χ0v) is 9.83. The van der Waals surface area contributed by atoms with Gasteiger partial charge in [-0.3, -0.25) is 0 Å². The van der Waals surface area contributed by atoms with E-state index >= 15 is 0 Å². The topological polar surface area (TPSA) is 117 Å². The Kier molecular flexibility index (Phi) is 5.16. The number of hydrogen-bond acceptors (Lipinski definition) is 5. The standard InChI is InChI=1S/C10H14BN3O4/c1-2-18-9-4-3-8(11(16)17)5-7(9)6-13-14-10(12)15/h3-6,16-17H,2H2,1H3,(H3,12,14,15). The third kappa shape index (κ3) is 4.08. The van der Waals surface area contributed by atoms with Crippen LogP contribution in [-0.4, -0.2) is 36.0 Å². The number of ether oxygens (including phenoxy) is 1. The Bertz CT molecular complexity index is 451. The van der Waals surface area contributed by atoms with E-state index in [1.165, 1.54) is 18.3 Å². The summed E-state index contributed by atoms with van der Waals surface area (Å²) in [4.78, 5) is 10.5. The Morgan fingerprint density at radius 3 is 2.89 bits per heavy atom. The molecule has 0 aliphatic carbocycles. The number of carbonyl (C=O) groups is 1. The molecule has 0 saturated heterocycles. The lowest BCUT2D eigenvalue weighted by molar-refractivity contribution is 0.249. The highest BCUT2D eigenvalue weighted by molar-refractivity contribution is 6.58. The van der Waals surface area contributed by atoms with Gasteiger partial charge in [0.2, 0.25) is 0 Å². The van der Waals surface area contributed by atoms with Gasteiger partial charge in [-0.2, -0.15) is 5.10 Å². The van der Waals surface area contributed by atoms with Crippen LogP contribution in [0.5, 0.6) is 5.75 Å². The Hall–Kier alpha value is -2.06. The molecule has 2 amide bonds. The molecule has 1 rings (SSSR count). The summed E-state index contributed by atoms with van der Waals surface area (Å²) in [6.07, 6.45) is 1.31. The van der Waals surface area contributed by atoms with Crippen LogP contribution in [0.1, 0.15) is 12.5 Å². The van der Waals surface area contributed by atoms with Gasteiger partial charge in [-0.1, -0.05) is 6.07 Å². The van der Waals surface area contributed by atoms with E-state index in [9.17, 15) is 4.79 Å². The molecule has 0 fully saturated rings. The number of nitrogens with one attached hydrogen (secondary N) is 1. The lowest BCUT2D eigenvalue weighted by Gasteiger charge is -2.08. The summed E-state index contributed by atoms with van der Waals surface area (Å²) in [5.74, 6) is 0.511. The van der Waals surface area contributed by atoms with Crippen LogP contribution in [0.4, 0.5) is 4.79 Å². The van der Waals surface area contributed by atoms with Gasteiger partial charge >= 0.3 is 13.1 Å². The highest BCUT2D eigenvalue weighted by atomic mass is 16.5. The van der Waals surface area contributed by atoms with Gasteiger partial charge in [0.15, 0.2) is 0 Å². The molecule has 0 aliphatic rings. The molecule has 0 atom stereocenters. The minimum atomic E-state index is -1.59. The summed E-state index contributed by atoms with van der Waals surface area (Å²) in [7, 11) is -1.59. The fourth-order valence-corrected chi connectivity index (χ4v) is 1.28. The van der Waals surface area contributed by atoms with Gasteiger partial charge in [0.25, 0.3) is 0 Å². The van der Waals surface area contributed by atoms with Crippen molar-refractivity contribution in [1.82, 2.24) is 5.43 Å². The average molecular weight is 251 g/mol. The molecule has 8 heteroatoms. The van der Waals surface area contributed by atoms with E-state index in [1.807, 2.05) is 12.3 Å². The van der Waals surface area contributed by atoms with Gasteiger partial charge in [-0.05, 0) is 24.5 Å². The van der Waals surface area contributed by atoms with E-state index in [-0.39, 0.29) is 0 Å². The smallest absolute Gasteiger partial charge is 0.488 e. The van der Waals surface area contributed by atoms with E-state index in [1.54, 1.807) is 6.07 Å². The molecule has 0 bridgehead atoms. The van der Waals surface area contributed by atoms with Gasteiger partial charge in [0.1, 0.15) is 5.75 Å². The van der Waals surface area contributed by atoms with Crippen molar-refractivity contribution in [3.8, 4) is 5.75 Å². The Morgan fingerprint density at radius 2 is 2.33 bits per heavy atom. The maximum Gasteiger partial charge on any atom is 0.488 e. The summed E-state index contributed by atoms with van der Waals surface area (Å²) in [5.41, 5.74) is 7.68. The van der Waals surface area contributed by atoms with Crippen molar-refractivity contribution in [1.29, 1.82) is 0 Å². The molecule has 18 heavy (non-hydrogen) atoms. The van der Waals surface area contributed by atoms with Crippen LogP contribution >= 0.6 is 0 Å². The maximum absolute atomic E-state index is 10.5. The molecule has 0 saturated carbocycles. The second kappa shape index (κ2) is 6.62. The molecule has 7 nitrogen and oxygen atoms in total. The summed E-state index contributed by atoms with van der Waals surface area (Å²) in [6, 6.07) is 3.81. The number of primary amides is 1. The first kappa shape index (κ1) is 14.0. The number of nitrogens with two attached hydrogens (primary N) is 1. The van der Waals surface area contributed by atoms with Crippen molar-refractivity contribution in [2.45, 2.75) is 6.92 Å². The predicted molar refractivity (Wildman–Crippen MR) is 67.7 cm³/mol. The normalized spacial score (nSPS) is 10.4. The first-order chi connectivity index (χ1) is 8.54. The number of hydrazone groups is 1. The van der Waals surface area contributed by atoms with E-state index in [0.29, 0.717) is 23.4 Å². The van der Waals surface area contributed by atoms with E-state index in [2.05, 4.69) is 5.10 Å². The number of rotatable bonds is 5. The number of amides is 2. The molecule has 0 aromatic heterocycles. The summed E-state index contributed by atoms with van der Waals surface area (Å²) >= 11 is 0. The van der Waals surface area contributed by atoms with Crippen molar-refractivity contribution < 1.29 is 19.6 Å². The lowest BCUT2D eigenvalue weighted by Crippen LogP contribution is -2.30. The molecule has 5 N–H and O–H groups in total. The summed E-state index contributed by atoms with van der Waals surface area (Å²) in [5, 5.41) is 21.7. The molecule has 0 spiro atoms. The van der Waals surface area contributed by atoms with Gasteiger partial charge in [0, 0.05) is 5.56 Å². The largest absolute Gasteiger partial charge is 0.493 e. The van der Waals surface area contributed by atoms with Crippen molar-refractivity contribution in [3.63, 3.8) is 0 Å². The molecule has 1 aromatic rings. The van der Waals surface area contributed by atoms with Gasteiger partial charge in [-0.25, -0.2) is 10.2 Å². The highest BCUT2D eigenvalue weighted by Crippen LogP contribution is 2.14. The maximum atomic E-state index is 10.5. The fourth-order valence-electron chi connectivity index (χ4n) is 1.28. The number of benzene rings is 1. The zero-order chi connectivity index (χ0) is 13.5. The van der Waals surface area contributed by atoms with Crippen LogP contribution < -0.4 is 21.4 Å². The summed E-state index contributed by atoms with van der Waals surface area (Å²) < 4.78 is 5.33. The third-order valence-corrected chi connectivity index (χ3v) is 2.01. The molecule has 0 radical (unpaired) electrons. The van der Waals surface area contributed by atoms with Gasteiger partial charge in [-0.15, -0.1) is 0 Å². The molecular formula is C10H14BN3O4. The quantitative estimate of drug-likeness (QED) is 0.297. The number of hydrogen-bond donors (Lipinski definition) is 4. The Labute approximate surface area is 104 Å². The second-order valence-electron chi connectivity index (χ2n) is 3.34. The van der Waals surface area contributed by atoms with Crippen LogP contribution in [-0.2, 0) is 0 Å². The molecule has 0 heterocycles. The minimum absolute atomic E-state index is 0.291. The van der Waals surface area contributed by atoms with Crippen molar-refractivity contribution in [2.75, 3.05) is 6.61 Å². The number of nitrogens with zero attached hydrogens (tertiary/aromatic N) is 1. The van der Waals surface area contributed by atoms with Gasteiger partial charge in [0.05, 0.1) is 12.8 Å². The van der Waals surface area contributed by atoms with Crippen LogP contribution in [0.25, 0.3) is 0 Å². The predicted octanol–water partition coefficient (Wildman–Crippen LogP) is -1.23. The van der Waals surface area contributed by atoms with E-state index in [4.69, 9.17) is 20.5 Å². The van der Waals surface area contributed by atoms with Gasteiger partial charge < -0.3 is 20.5 Å². The first-order valence-corrected chi connectivity index (χ1v) is 5.26.